The maximum atomic E-state index is 12.5. The summed E-state index contributed by atoms with van der Waals surface area (Å²) in [6.45, 7) is 6.38. The third kappa shape index (κ3) is 4.40. The number of anilines is 1. The van der Waals surface area contributed by atoms with Crippen molar-refractivity contribution >= 4 is 28.7 Å². The van der Waals surface area contributed by atoms with Gasteiger partial charge in [0.05, 0.1) is 11.6 Å². The van der Waals surface area contributed by atoms with E-state index < -0.39 is 11.6 Å². The zero-order chi connectivity index (χ0) is 23.0. The van der Waals surface area contributed by atoms with Gasteiger partial charge in [0.25, 0.3) is 0 Å². The number of nitrogens with zero attached hydrogens (tertiary/aromatic N) is 6. The van der Waals surface area contributed by atoms with Gasteiger partial charge in [-0.05, 0) is 44.9 Å². The highest BCUT2D eigenvalue weighted by atomic mass is 16.3. The van der Waals surface area contributed by atoms with Gasteiger partial charge in [-0.1, -0.05) is 30.3 Å². The lowest BCUT2D eigenvalue weighted by Gasteiger charge is -2.20. The standard InChI is InChI=1S/C23H24N8O2/c1-23(2,3)27-22(32)26-21-25-18-16(14-30(28-18)12-11-15-8-5-4-6-9-15)20-24-19(29-31(20)21)17-10-7-13-33-17/h4-10,13-14H,11-12H2,1-3H3,(H2,25,26,27,28,32). The van der Waals surface area contributed by atoms with Gasteiger partial charge < -0.3 is 9.73 Å². The van der Waals surface area contributed by atoms with E-state index in [1.807, 2.05) is 49.8 Å². The number of hydrogen-bond acceptors (Lipinski definition) is 6. The number of furan rings is 1. The first-order valence-electron chi connectivity index (χ1n) is 10.7. The van der Waals surface area contributed by atoms with Crippen LogP contribution in [0.25, 0.3) is 28.3 Å². The van der Waals surface area contributed by atoms with Crippen LogP contribution in [0.1, 0.15) is 26.3 Å². The zero-order valence-electron chi connectivity index (χ0n) is 18.6. The Morgan fingerprint density at radius 1 is 1.06 bits per heavy atom. The van der Waals surface area contributed by atoms with Gasteiger partial charge in [0, 0.05) is 18.3 Å². The minimum absolute atomic E-state index is 0.220. The molecule has 0 saturated carbocycles. The summed E-state index contributed by atoms with van der Waals surface area (Å²) in [6.07, 6.45) is 4.29. The Bertz CT molecular complexity index is 1410. The van der Waals surface area contributed by atoms with E-state index in [1.165, 1.54) is 10.1 Å². The maximum Gasteiger partial charge on any atom is 0.322 e. The molecule has 0 fully saturated rings. The molecule has 5 rings (SSSR count). The molecule has 2 N–H and O–H groups in total. The molecule has 2 amide bonds. The smallest absolute Gasteiger partial charge is 0.322 e. The first-order chi connectivity index (χ1) is 15.9. The largest absolute Gasteiger partial charge is 0.461 e. The third-order valence-corrected chi connectivity index (χ3v) is 4.93. The molecule has 4 heterocycles. The van der Waals surface area contributed by atoms with Crippen molar-refractivity contribution in [1.82, 2.24) is 34.7 Å². The van der Waals surface area contributed by atoms with E-state index in [4.69, 9.17) is 4.42 Å². The summed E-state index contributed by atoms with van der Waals surface area (Å²) in [4.78, 5) is 21.8. The predicted molar refractivity (Wildman–Crippen MR) is 124 cm³/mol. The topological polar surface area (TPSA) is 115 Å². The summed E-state index contributed by atoms with van der Waals surface area (Å²) < 4.78 is 8.81. The lowest BCUT2D eigenvalue weighted by molar-refractivity contribution is 0.243. The molecule has 0 bridgehead atoms. The Balaban J connectivity index is 1.55. The summed E-state index contributed by atoms with van der Waals surface area (Å²) in [5, 5.41) is 15.5. The number of rotatable bonds is 5. The number of benzene rings is 1. The SMILES string of the molecule is CC(C)(C)NC(=O)Nc1nc2nn(CCc3ccccc3)cc2c2nc(-c3ccco3)nn12. The van der Waals surface area contributed by atoms with Crippen LogP contribution in [0.15, 0.2) is 59.3 Å². The van der Waals surface area contributed by atoms with Gasteiger partial charge in [-0.15, -0.1) is 5.10 Å². The van der Waals surface area contributed by atoms with Gasteiger partial charge in [0.15, 0.2) is 17.1 Å². The molecule has 0 aliphatic heterocycles. The molecule has 10 nitrogen and oxygen atoms in total. The normalized spacial score (nSPS) is 11.8. The highest BCUT2D eigenvalue weighted by molar-refractivity contribution is 5.93. The summed E-state index contributed by atoms with van der Waals surface area (Å²) in [5.41, 5.74) is 1.82. The molecule has 33 heavy (non-hydrogen) atoms. The minimum atomic E-state index is -0.409. The average Bonchev–Trinajstić information content (AvgIpc) is 3.50. The first kappa shape index (κ1) is 20.7. The van der Waals surface area contributed by atoms with Gasteiger partial charge in [-0.2, -0.15) is 14.6 Å². The molecule has 4 aromatic heterocycles. The second kappa shape index (κ2) is 8.05. The quantitative estimate of drug-likeness (QED) is 0.425. The highest BCUT2D eigenvalue weighted by Crippen LogP contribution is 2.24. The fourth-order valence-electron chi connectivity index (χ4n) is 3.50. The number of aromatic nitrogens is 6. The van der Waals surface area contributed by atoms with Crippen LogP contribution in [0.2, 0.25) is 0 Å². The molecule has 0 atom stereocenters. The molecule has 0 aliphatic carbocycles. The second-order valence-electron chi connectivity index (χ2n) is 8.78. The van der Waals surface area contributed by atoms with Gasteiger partial charge in [0.2, 0.25) is 11.8 Å². The molecule has 10 heteroatoms. The molecule has 0 unspecified atom stereocenters. The Morgan fingerprint density at radius 3 is 2.61 bits per heavy atom. The van der Waals surface area contributed by atoms with Crippen molar-refractivity contribution in [1.29, 1.82) is 0 Å². The maximum absolute atomic E-state index is 12.5. The van der Waals surface area contributed by atoms with Gasteiger partial charge >= 0.3 is 6.03 Å². The van der Waals surface area contributed by atoms with Crippen LogP contribution in [-0.4, -0.2) is 40.9 Å². The predicted octanol–water partition coefficient (Wildman–Crippen LogP) is 3.90. The van der Waals surface area contributed by atoms with E-state index in [0.717, 1.165) is 11.8 Å². The first-order valence-corrected chi connectivity index (χ1v) is 10.7. The summed E-state index contributed by atoms with van der Waals surface area (Å²) in [7, 11) is 0. The highest BCUT2D eigenvalue weighted by Gasteiger charge is 2.21. The summed E-state index contributed by atoms with van der Waals surface area (Å²) in [5.74, 6) is 1.14. The lowest BCUT2D eigenvalue weighted by atomic mass is 10.1. The van der Waals surface area contributed by atoms with Crippen molar-refractivity contribution in [2.75, 3.05) is 5.32 Å². The van der Waals surface area contributed by atoms with Crippen molar-refractivity contribution < 1.29 is 9.21 Å². The van der Waals surface area contributed by atoms with Gasteiger partial charge in [0.1, 0.15) is 0 Å². The minimum Gasteiger partial charge on any atom is -0.461 e. The monoisotopic (exact) mass is 444 g/mol. The number of aryl methyl sites for hydroxylation is 2. The molecule has 0 saturated heterocycles. The number of nitrogens with one attached hydrogen (secondary N) is 2. The summed E-state index contributed by atoms with van der Waals surface area (Å²) in [6, 6.07) is 13.4. The fraction of sp³-hybridized carbons (Fsp3) is 0.261. The van der Waals surface area contributed by atoms with E-state index in [2.05, 4.69) is 42.9 Å². The number of hydrogen-bond donors (Lipinski definition) is 2. The van der Waals surface area contributed by atoms with Gasteiger partial charge in [-0.25, -0.2) is 9.78 Å². The van der Waals surface area contributed by atoms with Crippen LogP contribution in [-0.2, 0) is 13.0 Å². The fourth-order valence-corrected chi connectivity index (χ4v) is 3.50. The van der Waals surface area contributed by atoms with Crippen LogP contribution in [0, 0.1) is 0 Å². The Hall–Kier alpha value is -4.21. The van der Waals surface area contributed by atoms with E-state index >= 15 is 0 Å². The molecule has 168 valence electrons. The third-order valence-electron chi connectivity index (χ3n) is 4.93. The number of urea groups is 1. The number of carbonyl (C=O) groups excluding carboxylic acids is 1. The van der Waals surface area contributed by atoms with E-state index in [-0.39, 0.29) is 5.95 Å². The Labute approximate surface area is 189 Å². The Morgan fingerprint density at radius 2 is 1.88 bits per heavy atom. The van der Waals surface area contributed by atoms with Crippen molar-refractivity contribution in [3.63, 3.8) is 0 Å². The molecule has 0 spiro atoms. The van der Waals surface area contributed by atoms with E-state index in [1.54, 1.807) is 18.4 Å². The zero-order valence-corrected chi connectivity index (χ0v) is 18.6. The van der Waals surface area contributed by atoms with Crippen LogP contribution in [0.5, 0.6) is 0 Å². The molecular weight excluding hydrogens is 420 g/mol. The van der Waals surface area contributed by atoms with Crippen molar-refractivity contribution in [3.05, 3.63) is 60.5 Å². The van der Waals surface area contributed by atoms with Crippen LogP contribution in [0.3, 0.4) is 0 Å². The van der Waals surface area contributed by atoms with Crippen molar-refractivity contribution in [3.8, 4) is 11.6 Å². The molecule has 1 aromatic carbocycles. The molecule has 5 aromatic rings. The lowest BCUT2D eigenvalue weighted by Crippen LogP contribution is -2.43. The van der Waals surface area contributed by atoms with Crippen LogP contribution < -0.4 is 10.6 Å². The molecule has 0 radical (unpaired) electrons. The van der Waals surface area contributed by atoms with Crippen LogP contribution >= 0.6 is 0 Å². The molecule has 0 aliphatic rings. The Kier molecular flexibility index (Phi) is 5.04. The second-order valence-corrected chi connectivity index (χ2v) is 8.78. The van der Waals surface area contributed by atoms with Gasteiger partial charge in [-0.3, -0.25) is 10.00 Å². The summed E-state index contributed by atoms with van der Waals surface area (Å²) >= 11 is 0. The van der Waals surface area contributed by atoms with E-state index in [9.17, 15) is 4.79 Å². The average molecular weight is 444 g/mol. The number of amides is 2. The van der Waals surface area contributed by atoms with Crippen molar-refractivity contribution in [2.24, 2.45) is 0 Å². The number of fused-ring (bicyclic) bond motifs is 3. The van der Waals surface area contributed by atoms with Crippen LogP contribution in [0.4, 0.5) is 10.7 Å². The van der Waals surface area contributed by atoms with Crippen molar-refractivity contribution in [2.45, 2.75) is 39.3 Å². The van der Waals surface area contributed by atoms with E-state index in [0.29, 0.717) is 29.4 Å². The molecular formula is C23H24N8O2. The number of carbonyl (C=O) groups is 1.